The molecule has 0 spiro atoms. The molecular weight excluding hydrogens is 392 g/mol. The monoisotopic (exact) mass is 432 g/mol. The van der Waals surface area contributed by atoms with Crippen molar-refractivity contribution in [1.29, 1.82) is 0 Å². The zero-order chi connectivity index (χ0) is 23.0. The first-order chi connectivity index (χ1) is 14.3. The van der Waals surface area contributed by atoms with Crippen LogP contribution in [0.15, 0.2) is 22.3 Å². The Hall–Kier alpha value is -1.14. The maximum atomic E-state index is 12.3. The molecule has 1 aromatic rings. The third-order valence-corrected chi connectivity index (χ3v) is 8.49. The summed E-state index contributed by atoms with van der Waals surface area (Å²) in [6.07, 6.45) is 6.26. The highest BCUT2D eigenvalue weighted by Crippen LogP contribution is 2.64. The Morgan fingerprint density at radius 2 is 1.90 bits per heavy atom. The minimum Gasteiger partial charge on any atom is -0.466 e. The Balaban J connectivity index is 1.85. The fraction of sp³-hybridized carbons (Fsp3) is 0.769. The van der Waals surface area contributed by atoms with Crippen molar-refractivity contribution < 1.29 is 24.5 Å². The standard InChI is InChI=1S/C26H40O5/c1-15(2)26(29)16(3)12-21-24(7)10-8-17-18(14-30-20(17)13-27)19(24)9-11-25(21,28)22(26)31-23(4,5)6/h12,14-16,19,22,27-29H,8-11,13H2,1-7H3/t16-,19+,22+,24+,25+,26+/m1/s1. The molecular formula is C26H40O5. The zero-order valence-electron chi connectivity index (χ0n) is 20.2. The van der Waals surface area contributed by atoms with Gasteiger partial charge in [-0.1, -0.05) is 33.8 Å². The van der Waals surface area contributed by atoms with Gasteiger partial charge in [0.15, 0.2) is 0 Å². The summed E-state index contributed by atoms with van der Waals surface area (Å²) in [6, 6.07) is 0. The van der Waals surface area contributed by atoms with Crippen LogP contribution in [0.4, 0.5) is 0 Å². The summed E-state index contributed by atoms with van der Waals surface area (Å²) in [5.74, 6) is 0.678. The summed E-state index contributed by atoms with van der Waals surface area (Å²) in [7, 11) is 0. The Morgan fingerprint density at radius 3 is 2.48 bits per heavy atom. The normalized spacial score (nSPS) is 40.2. The molecule has 0 aliphatic heterocycles. The second kappa shape index (κ2) is 7.18. The molecule has 31 heavy (non-hydrogen) atoms. The molecule has 0 bridgehead atoms. The van der Waals surface area contributed by atoms with Crippen molar-refractivity contribution in [2.75, 3.05) is 0 Å². The van der Waals surface area contributed by atoms with Gasteiger partial charge in [-0.2, -0.15) is 0 Å². The fourth-order valence-electron chi connectivity index (χ4n) is 6.82. The molecule has 5 nitrogen and oxygen atoms in total. The van der Waals surface area contributed by atoms with E-state index in [0.29, 0.717) is 12.2 Å². The van der Waals surface area contributed by atoms with Crippen molar-refractivity contribution in [3.8, 4) is 0 Å². The number of aliphatic hydroxyl groups excluding tert-OH is 1. The quantitative estimate of drug-likeness (QED) is 0.614. The van der Waals surface area contributed by atoms with Gasteiger partial charge in [-0.3, -0.25) is 0 Å². The van der Waals surface area contributed by atoms with Gasteiger partial charge in [0, 0.05) is 5.92 Å². The highest BCUT2D eigenvalue weighted by Gasteiger charge is 2.65. The van der Waals surface area contributed by atoms with Gasteiger partial charge < -0.3 is 24.5 Å². The van der Waals surface area contributed by atoms with E-state index in [9.17, 15) is 15.3 Å². The van der Waals surface area contributed by atoms with Gasteiger partial charge in [0.05, 0.1) is 11.9 Å². The smallest absolute Gasteiger partial charge is 0.132 e. The Labute approximate surface area is 186 Å². The van der Waals surface area contributed by atoms with Crippen LogP contribution in [-0.4, -0.2) is 38.2 Å². The van der Waals surface area contributed by atoms with Crippen molar-refractivity contribution in [2.24, 2.45) is 17.3 Å². The molecule has 3 aliphatic carbocycles. The molecule has 1 aromatic heterocycles. The van der Waals surface area contributed by atoms with Crippen LogP contribution in [0.3, 0.4) is 0 Å². The first-order valence-corrected chi connectivity index (χ1v) is 11.8. The van der Waals surface area contributed by atoms with Crippen molar-refractivity contribution in [3.63, 3.8) is 0 Å². The molecule has 6 atom stereocenters. The number of rotatable bonds is 3. The Kier molecular flexibility index (Phi) is 5.33. The lowest BCUT2D eigenvalue weighted by atomic mass is 9.48. The Bertz CT molecular complexity index is 877. The lowest BCUT2D eigenvalue weighted by Gasteiger charge is -2.62. The van der Waals surface area contributed by atoms with Crippen molar-refractivity contribution in [2.45, 2.75) is 110 Å². The summed E-state index contributed by atoms with van der Waals surface area (Å²) in [5.41, 5.74) is 0.207. The predicted molar refractivity (Wildman–Crippen MR) is 120 cm³/mol. The molecule has 1 fully saturated rings. The van der Waals surface area contributed by atoms with Gasteiger partial charge >= 0.3 is 0 Å². The van der Waals surface area contributed by atoms with Crippen molar-refractivity contribution in [1.82, 2.24) is 0 Å². The van der Waals surface area contributed by atoms with Gasteiger partial charge in [0.25, 0.3) is 0 Å². The number of hydrogen-bond donors (Lipinski definition) is 3. The second-order valence-corrected chi connectivity index (χ2v) is 11.7. The molecule has 0 amide bonds. The van der Waals surface area contributed by atoms with Crippen LogP contribution in [0.5, 0.6) is 0 Å². The average molecular weight is 433 g/mol. The van der Waals surface area contributed by atoms with E-state index in [1.165, 1.54) is 5.56 Å². The summed E-state index contributed by atoms with van der Waals surface area (Å²) >= 11 is 0. The largest absolute Gasteiger partial charge is 0.466 e. The lowest BCUT2D eigenvalue weighted by Crippen LogP contribution is -2.70. The van der Waals surface area contributed by atoms with Crippen LogP contribution in [0.1, 0.15) is 90.5 Å². The maximum absolute atomic E-state index is 12.3. The molecule has 1 heterocycles. The number of hydrogen-bond acceptors (Lipinski definition) is 5. The topological polar surface area (TPSA) is 83.1 Å². The molecule has 3 N–H and O–H groups in total. The highest BCUT2D eigenvalue weighted by molar-refractivity contribution is 5.46. The second-order valence-electron chi connectivity index (χ2n) is 11.7. The molecule has 0 aromatic carbocycles. The SMILES string of the molecule is CC(C)[C@]1(O)[C@H](C)C=C2[C@@]3(C)CCc4c(coc4CO)[C@@H]3CC[C@@]2(O)[C@@H]1OC(C)(C)C. The van der Waals surface area contributed by atoms with Crippen LogP contribution >= 0.6 is 0 Å². The molecule has 4 rings (SSSR count). The molecule has 0 radical (unpaired) electrons. The molecule has 5 heteroatoms. The van der Waals surface area contributed by atoms with E-state index in [1.54, 1.807) is 0 Å². The van der Waals surface area contributed by atoms with E-state index in [2.05, 4.69) is 19.9 Å². The molecule has 0 saturated heterocycles. The summed E-state index contributed by atoms with van der Waals surface area (Å²) in [4.78, 5) is 0. The third-order valence-electron chi connectivity index (χ3n) is 8.49. The van der Waals surface area contributed by atoms with Crippen LogP contribution in [-0.2, 0) is 17.8 Å². The van der Waals surface area contributed by atoms with Gasteiger partial charge in [-0.15, -0.1) is 0 Å². The van der Waals surface area contributed by atoms with E-state index < -0.39 is 22.9 Å². The summed E-state index contributed by atoms with van der Waals surface area (Å²) in [6.45, 7) is 14.2. The highest BCUT2D eigenvalue weighted by atomic mass is 16.5. The van der Waals surface area contributed by atoms with Crippen molar-refractivity contribution in [3.05, 3.63) is 34.8 Å². The number of aliphatic hydroxyl groups is 3. The molecule has 174 valence electrons. The van der Waals surface area contributed by atoms with E-state index in [0.717, 1.165) is 30.4 Å². The minimum absolute atomic E-state index is 0.0684. The average Bonchev–Trinajstić information content (AvgIpc) is 3.09. The van der Waals surface area contributed by atoms with Crippen LogP contribution < -0.4 is 0 Å². The first-order valence-electron chi connectivity index (χ1n) is 11.8. The molecule has 3 aliphatic rings. The van der Waals surface area contributed by atoms with Gasteiger partial charge in [0.1, 0.15) is 29.7 Å². The van der Waals surface area contributed by atoms with Crippen LogP contribution in [0.2, 0.25) is 0 Å². The number of fused-ring (bicyclic) bond motifs is 5. The predicted octanol–water partition coefficient (Wildman–Crippen LogP) is 4.48. The third kappa shape index (κ3) is 3.18. The number of ether oxygens (including phenoxy) is 1. The Morgan fingerprint density at radius 1 is 1.23 bits per heavy atom. The molecule has 1 saturated carbocycles. The summed E-state index contributed by atoms with van der Waals surface area (Å²) < 4.78 is 12.2. The number of furan rings is 1. The van der Waals surface area contributed by atoms with Gasteiger partial charge in [-0.25, -0.2) is 0 Å². The lowest BCUT2D eigenvalue weighted by molar-refractivity contribution is -0.259. The van der Waals surface area contributed by atoms with Gasteiger partial charge in [0.2, 0.25) is 0 Å². The first kappa shape index (κ1) is 23.0. The molecule has 0 unspecified atom stereocenters. The van der Waals surface area contributed by atoms with Crippen LogP contribution in [0, 0.1) is 17.3 Å². The fourth-order valence-corrected chi connectivity index (χ4v) is 6.82. The maximum Gasteiger partial charge on any atom is 0.132 e. The van der Waals surface area contributed by atoms with E-state index in [-0.39, 0.29) is 29.8 Å². The minimum atomic E-state index is -1.22. The van der Waals surface area contributed by atoms with Crippen molar-refractivity contribution >= 4 is 0 Å². The van der Waals surface area contributed by atoms with E-state index >= 15 is 0 Å². The summed E-state index contributed by atoms with van der Waals surface area (Å²) in [5, 5.41) is 33.9. The van der Waals surface area contributed by atoms with Crippen LogP contribution in [0.25, 0.3) is 0 Å². The van der Waals surface area contributed by atoms with Gasteiger partial charge in [-0.05, 0) is 80.4 Å². The van der Waals surface area contributed by atoms with E-state index in [1.807, 2.05) is 40.9 Å². The van der Waals surface area contributed by atoms with E-state index in [4.69, 9.17) is 9.15 Å². The zero-order valence-corrected chi connectivity index (χ0v) is 20.2.